The number of hydrogen-bond acceptors (Lipinski definition) is 3. The molecule has 0 N–H and O–H groups in total. The van der Waals surface area contributed by atoms with Crippen LogP contribution in [0.2, 0.25) is 0 Å². The highest BCUT2D eigenvalue weighted by Crippen LogP contribution is 2.34. The molecule has 3 heteroatoms. The summed E-state index contributed by atoms with van der Waals surface area (Å²) in [5, 5.41) is 0. The van der Waals surface area contributed by atoms with Crippen LogP contribution in [0, 0.1) is 0 Å². The van der Waals surface area contributed by atoms with E-state index >= 15 is 0 Å². The lowest BCUT2D eigenvalue weighted by atomic mass is 10.0. The van der Waals surface area contributed by atoms with E-state index in [0.29, 0.717) is 0 Å². The molecule has 0 radical (unpaired) electrons. The Labute approximate surface area is 130 Å². The van der Waals surface area contributed by atoms with E-state index in [0.717, 1.165) is 43.5 Å². The van der Waals surface area contributed by atoms with Gasteiger partial charge in [-0.2, -0.15) is 0 Å². The highest BCUT2D eigenvalue weighted by atomic mass is 16.5. The summed E-state index contributed by atoms with van der Waals surface area (Å²) in [4.78, 5) is 14.3. The van der Waals surface area contributed by atoms with Gasteiger partial charge in [0, 0.05) is 24.3 Å². The average molecular weight is 293 g/mol. The van der Waals surface area contributed by atoms with E-state index in [1.807, 2.05) is 24.3 Å². The molecule has 4 rings (SSSR count). The lowest BCUT2D eigenvalue weighted by molar-refractivity contribution is 0.0366. The van der Waals surface area contributed by atoms with E-state index in [2.05, 4.69) is 29.2 Å². The Morgan fingerprint density at radius 2 is 1.91 bits per heavy atom. The van der Waals surface area contributed by atoms with Crippen LogP contribution in [0.3, 0.4) is 0 Å². The zero-order chi connectivity index (χ0) is 14.9. The number of rotatable bonds is 4. The molecule has 2 aromatic rings. The van der Waals surface area contributed by atoms with Gasteiger partial charge in [0.15, 0.2) is 0 Å². The Morgan fingerprint density at radius 1 is 1.09 bits per heavy atom. The van der Waals surface area contributed by atoms with Crippen LogP contribution in [0.1, 0.15) is 40.4 Å². The van der Waals surface area contributed by atoms with Gasteiger partial charge in [-0.05, 0) is 37.0 Å². The van der Waals surface area contributed by atoms with Gasteiger partial charge in [0.1, 0.15) is 6.10 Å². The van der Waals surface area contributed by atoms with Gasteiger partial charge in [-0.15, -0.1) is 0 Å². The van der Waals surface area contributed by atoms with E-state index < -0.39 is 0 Å². The summed E-state index contributed by atoms with van der Waals surface area (Å²) in [6.07, 6.45) is 2.99. The minimum Gasteiger partial charge on any atom is -0.454 e. The molecule has 2 heterocycles. The lowest BCUT2D eigenvalue weighted by Gasteiger charge is -2.20. The number of nitrogens with zero attached hydrogens (tertiary/aromatic N) is 1. The molecule has 2 aliphatic heterocycles. The van der Waals surface area contributed by atoms with Crippen LogP contribution in [0.5, 0.6) is 0 Å². The first-order valence-electron chi connectivity index (χ1n) is 7.96. The first-order chi connectivity index (χ1) is 10.8. The summed E-state index contributed by atoms with van der Waals surface area (Å²) in [6.45, 7) is 2.12. The summed E-state index contributed by atoms with van der Waals surface area (Å²) in [6, 6.07) is 16.4. The van der Waals surface area contributed by atoms with Crippen molar-refractivity contribution in [2.24, 2.45) is 0 Å². The van der Waals surface area contributed by atoms with Crippen LogP contribution in [0.15, 0.2) is 48.5 Å². The molecule has 0 aromatic heterocycles. The summed E-state index contributed by atoms with van der Waals surface area (Å²) in [7, 11) is 0. The zero-order valence-electron chi connectivity index (χ0n) is 12.5. The van der Waals surface area contributed by atoms with Crippen LogP contribution >= 0.6 is 0 Å². The van der Waals surface area contributed by atoms with E-state index in [-0.39, 0.29) is 12.1 Å². The first-order valence-corrected chi connectivity index (χ1v) is 7.96. The van der Waals surface area contributed by atoms with Crippen LogP contribution in [0.25, 0.3) is 0 Å². The van der Waals surface area contributed by atoms with Gasteiger partial charge < -0.3 is 9.64 Å². The van der Waals surface area contributed by atoms with E-state index in [1.54, 1.807) is 0 Å². The second-order valence-corrected chi connectivity index (χ2v) is 5.99. The molecule has 0 amide bonds. The third-order valence-corrected chi connectivity index (χ3v) is 4.65. The van der Waals surface area contributed by atoms with Gasteiger partial charge in [0.05, 0.1) is 5.56 Å². The molecule has 0 aliphatic carbocycles. The largest absolute Gasteiger partial charge is 0.454 e. The molecule has 3 nitrogen and oxygen atoms in total. The van der Waals surface area contributed by atoms with Crippen molar-refractivity contribution < 1.29 is 9.53 Å². The number of hydrogen-bond donors (Lipinski definition) is 0. The van der Waals surface area contributed by atoms with Crippen molar-refractivity contribution >= 4 is 11.7 Å². The van der Waals surface area contributed by atoms with Gasteiger partial charge in [-0.1, -0.05) is 36.4 Å². The molecule has 1 unspecified atom stereocenters. The molecule has 112 valence electrons. The number of benzene rings is 2. The number of fused-ring (bicyclic) bond motifs is 2. The molecular formula is C19H19NO2. The second-order valence-electron chi connectivity index (χ2n) is 5.99. The Morgan fingerprint density at radius 3 is 2.86 bits per heavy atom. The normalized spacial score (nSPS) is 19.0. The van der Waals surface area contributed by atoms with Crippen molar-refractivity contribution in [1.29, 1.82) is 0 Å². The van der Waals surface area contributed by atoms with Crippen molar-refractivity contribution in [3.8, 4) is 0 Å². The van der Waals surface area contributed by atoms with Crippen molar-refractivity contribution in [2.45, 2.75) is 25.4 Å². The number of cyclic esters (lactones) is 1. The quantitative estimate of drug-likeness (QED) is 0.804. The first kappa shape index (κ1) is 13.4. The third kappa shape index (κ3) is 2.27. The van der Waals surface area contributed by atoms with Crippen LogP contribution in [-0.2, 0) is 11.2 Å². The Balaban J connectivity index is 1.38. The average Bonchev–Trinajstić information content (AvgIpc) is 3.10. The van der Waals surface area contributed by atoms with Gasteiger partial charge in [0.2, 0.25) is 0 Å². The Bertz CT molecular complexity index is 710. The van der Waals surface area contributed by atoms with Crippen molar-refractivity contribution in [3.63, 3.8) is 0 Å². The van der Waals surface area contributed by atoms with Crippen molar-refractivity contribution in [2.75, 3.05) is 18.0 Å². The molecule has 0 saturated heterocycles. The number of para-hydroxylation sites is 1. The fourth-order valence-corrected chi connectivity index (χ4v) is 3.54. The lowest BCUT2D eigenvalue weighted by Crippen LogP contribution is -2.22. The topological polar surface area (TPSA) is 29.5 Å². The van der Waals surface area contributed by atoms with Gasteiger partial charge in [-0.3, -0.25) is 0 Å². The molecule has 0 saturated carbocycles. The van der Waals surface area contributed by atoms with Gasteiger partial charge in [0.25, 0.3) is 0 Å². The molecule has 1 atom stereocenters. The van der Waals surface area contributed by atoms with Gasteiger partial charge >= 0.3 is 5.97 Å². The number of ether oxygens (including phenoxy) is 1. The molecule has 2 aromatic carbocycles. The van der Waals surface area contributed by atoms with Crippen LogP contribution in [0.4, 0.5) is 5.69 Å². The summed E-state index contributed by atoms with van der Waals surface area (Å²) >= 11 is 0. The predicted molar refractivity (Wildman–Crippen MR) is 86.2 cm³/mol. The highest BCUT2D eigenvalue weighted by Gasteiger charge is 2.30. The maximum Gasteiger partial charge on any atom is 0.339 e. The molecule has 0 fully saturated rings. The maximum atomic E-state index is 11.8. The predicted octanol–water partition coefficient (Wildman–Crippen LogP) is 3.74. The molecular weight excluding hydrogens is 274 g/mol. The maximum absolute atomic E-state index is 11.8. The highest BCUT2D eigenvalue weighted by molar-refractivity contribution is 5.93. The molecule has 0 spiro atoms. The number of esters is 1. The monoisotopic (exact) mass is 293 g/mol. The molecule has 2 aliphatic rings. The fourth-order valence-electron chi connectivity index (χ4n) is 3.54. The van der Waals surface area contributed by atoms with E-state index in [4.69, 9.17) is 4.74 Å². The minimum absolute atomic E-state index is 0.0680. The summed E-state index contributed by atoms with van der Waals surface area (Å²) in [5.41, 5.74) is 4.60. The zero-order valence-corrected chi connectivity index (χ0v) is 12.5. The number of carbonyl (C=O) groups excluding carboxylic acids is 1. The van der Waals surface area contributed by atoms with Crippen molar-refractivity contribution in [3.05, 3.63) is 65.2 Å². The van der Waals surface area contributed by atoms with Crippen molar-refractivity contribution in [1.82, 2.24) is 0 Å². The standard InChI is InChI=1S/C19H19NO2/c21-19-16-8-3-2-7-15(16)18(22-19)10-5-12-20-13-11-14-6-1-4-9-17(14)20/h1-4,6-9,18H,5,10-13H2. The molecule has 22 heavy (non-hydrogen) atoms. The van der Waals surface area contributed by atoms with Crippen LogP contribution in [-0.4, -0.2) is 19.1 Å². The van der Waals surface area contributed by atoms with E-state index in [1.165, 1.54) is 11.3 Å². The Hall–Kier alpha value is -2.29. The van der Waals surface area contributed by atoms with Gasteiger partial charge in [-0.25, -0.2) is 4.79 Å². The smallest absolute Gasteiger partial charge is 0.339 e. The van der Waals surface area contributed by atoms with Crippen LogP contribution < -0.4 is 4.90 Å². The number of carbonyl (C=O) groups is 1. The number of anilines is 1. The SMILES string of the molecule is O=C1OC(CCCN2CCc3ccccc32)c2ccccc21. The second kappa shape index (κ2) is 5.48. The summed E-state index contributed by atoms with van der Waals surface area (Å²) in [5.74, 6) is -0.174. The molecule has 0 bridgehead atoms. The summed E-state index contributed by atoms with van der Waals surface area (Å²) < 4.78 is 5.51. The Kier molecular flexibility index (Phi) is 3.34. The fraction of sp³-hybridized carbons (Fsp3) is 0.316. The minimum atomic E-state index is -0.174. The van der Waals surface area contributed by atoms with E-state index in [9.17, 15) is 4.79 Å². The third-order valence-electron chi connectivity index (χ3n) is 4.65.